The summed E-state index contributed by atoms with van der Waals surface area (Å²) in [5.41, 5.74) is 0.833. The molecule has 0 bridgehead atoms. The van der Waals surface area contributed by atoms with E-state index < -0.39 is 0 Å². The van der Waals surface area contributed by atoms with Gasteiger partial charge in [0.25, 0.3) is 0 Å². The van der Waals surface area contributed by atoms with Gasteiger partial charge in [0.05, 0.1) is 5.69 Å². The number of aromatic nitrogens is 3. The number of hydrogen-bond donors (Lipinski definition) is 1. The van der Waals surface area contributed by atoms with E-state index in [0.29, 0.717) is 6.42 Å². The standard InChI is InChI=1S/C5H9N3O/c1-8-4-5(2-3-9)6-7-8/h4,9H,2-3H2,1H3. The van der Waals surface area contributed by atoms with Crippen LogP contribution in [0.25, 0.3) is 0 Å². The van der Waals surface area contributed by atoms with Crippen molar-refractivity contribution in [3.8, 4) is 0 Å². The van der Waals surface area contributed by atoms with E-state index in [-0.39, 0.29) is 6.61 Å². The molecule has 0 atom stereocenters. The van der Waals surface area contributed by atoms with Crippen LogP contribution in [0, 0.1) is 0 Å². The van der Waals surface area contributed by atoms with Gasteiger partial charge in [-0.25, -0.2) is 0 Å². The smallest absolute Gasteiger partial charge is 0.0849 e. The Balaban J connectivity index is 2.61. The van der Waals surface area contributed by atoms with Crippen LogP contribution in [-0.4, -0.2) is 26.7 Å². The van der Waals surface area contributed by atoms with Gasteiger partial charge in [-0.2, -0.15) is 0 Å². The van der Waals surface area contributed by atoms with Gasteiger partial charge in [-0.15, -0.1) is 5.10 Å². The third-order valence-electron chi connectivity index (χ3n) is 1.02. The van der Waals surface area contributed by atoms with Gasteiger partial charge < -0.3 is 5.11 Å². The molecule has 0 amide bonds. The molecule has 0 unspecified atom stereocenters. The van der Waals surface area contributed by atoms with Crippen LogP contribution in [0.2, 0.25) is 0 Å². The minimum atomic E-state index is 0.138. The van der Waals surface area contributed by atoms with Crippen LogP contribution in [0.3, 0.4) is 0 Å². The van der Waals surface area contributed by atoms with Crippen LogP contribution in [0.15, 0.2) is 6.20 Å². The summed E-state index contributed by atoms with van der Waals surface area (Å²) in [7, 11) is 1.80. The molecule has 0 aliphatic heterocycles. The first-order chi connectivity index (χ1) is 4.33. The second kappa shape index (κ2) is 2.59. The molecule has 0 radical (unpaired) electrons. The molecule has 4 heteroatoms. The number of aliphatic hydroxyl groups excluding tert-OH is 1. The van der Waals surface area contributed by atoms with Crippen molar-refractivity contribution < 1.29 is 5.11 Å². The predicted octanol–water partition coefficient (Wildman–Crippen LogP) is -0.650. The number of aliphatic hydroxyl groups is 1. The summed E-state index contributed by atoms with van der Waals surface area (Å²) < 4.78 is 1.62. The third kappa shape index (κ3) is 1.50. The maximum absolute atomic E-state index is 8.45. The molecule has 1 rings (SSSR count). The van der Waals surface area contributed by atoms with Crippen LogP contribution in [0.5, 0.6) is 0 Å². The summed E-state index contributed by atoms with van der Waals surface area (Å²) >= 11 is 0. The van der Waals surface area contributed by atoms with E-state index in [0.717, 1.165) is 5.69 Å². The molecule has 0 aliphatic rings. The molecule has 50 valence electrons. The Morgan fingerprint density at radius 1 is 1.78 bits per heavy atom. The normalized spacial score (nSPS) is 10.0. The molecule has 1 heterocycles. The van der Waals surface area contributed by atoms with E-state index in [4.69, 9.17) is 5.11 Å². The van der Waals surface area contributed by atoms with E-state index in [9.17, 15) is 0 Å². The lowest BCUT2D eigenvalue weighted by molar-refractivity contribution is 0.298. The first-order valence-electron chi connectivity index (χ1n) is 2.79. The summed E-state index contributed by atoms with van der Waals surface area (Å²) in [4.78, 5) is 0. The van der Waals surface area contributed by atoms with Crippen LogP contribution in [0.4, 0.5) is 0 Å². The largest absolute Gasteiger partial charge is 0.396 e. The highest BCUT2D eigenvalue weighted by Crippen LogP contribution is 1.89. The molecule has 1 aromatic heterocycles. The topological polar surface area (TPSA) is 50.9 Å². The van der Waals surface area contributed by atoms with Crippen LogP contribution >= 0.6 is 0 Å². The predicted molar refractivity (Wildman–Crippen MR) is 31.8 cm³/mol. The minimum Gasteiger partial charge on any atom is -0.396 e. The lowest BCUT2D eigenvalue weighted by Crippen LogP contribution is -1.89. The maximum Gasteiger partial charge on any atom is 0.0849 e. The second-order valence-electron chi connectivity index (χ2n) is 1.86. The van der Waals surface area contributed by atoms with Crippen molar-refractivity contribution in [2.45, 2.75) is 6.42 Å². The summed E-state index contributed by atoms with van der Waals surface area (Å²) in [6.07, 6.45) is 2.38. The van der Waals surface area contributed by atoms with Crippen molar-refractivity contribution in [1.29, 1.82) is 0 Å². The van der Waals surface area contributed by atoms with Crippen molar-refractivity contribution in [2.24, 2.45) is 7.05 Å². The van der Waals surface area contributed by atoms with E-state index in [1.54, 1.807) is 17.9 Å². The lowest BCUT2D eigenvalue weighted by atomic mass is 10.4. The summed E-state index contributed by atoms with van der Waals surface area (Å²) in [5, 5.41) is 15.9. The first kappa shape index (κ1) is 6.22. The highest BCUT2D eigenvalue weighted by atomic mass is 16.3. The first-order valence-corrected chi connectivity index (χ1v) is 2.79. The quantitative estimate of drug-likeness (QED) is 0.574. The zero-order chi connectivity index (χ0) is 6.69. The molecule has 0 spiro atoms. The zero-order valence-electron chi connectivity index (χ0n) is 5.28. The van der Waals surface area contributed by atoms with Crippen molar-refractivity contribution >= 4 is 0 Å². The van der Waals surface area contributed by atoms with Gasteiger partial charge in [0.2, 0.25) is 0 Å². The highest BCUT2D eigenvalue weighted by Gasteiger charge is 1.93. The number of rotatable bonds is 2. The molecule has 1 aromatic rings. The van der Waals surface area contributed by atoms with Crippen molar-refractivity contribution in [1.82, 2.24) is 15.0 Å². The summed E-state index contributed by atoms with van der Waals surface area (Å²) in [6, 6.07) is 0. The Hall–Kier alpha value is -0.900. The molecular formula is C5H9N3O. The number of aryl methyl sites for hydroxylation is 1. The molecule has 1 N–H and O–H groups in total. The molecule has 0 fully saturated rings. The molecule has 0 aromatic carbocycles. The Labute approximate surface area is 53.1 Å². The monoisotopic (exact) mass is 127 g/mol. The average molecular weight is 127 g/mol. The summed E-state index contributed by atoms with van der Waals surface area (Å²) in [6.45, 7) is 0.138. The second-order valence-corrected chi connectivity index (χ2v) is 1.86. The van der Waals surface area contributed by atoms with Gasteiger partial charge in [-0.3, -0.25) is 4.68 Å². The zero-order valence-corrected chi connectivity index (χ0v) is 5.28. The van der Waals surface area contributed by atoms with E-state index in [2.05, 4.69) is 10.3 Å². The Bertz CT molecular complexity index is 184. The van der Waals surface area contributed by atoms with Gasteiger partial charge in [0.15, 0.2) is 0 Å². The number of nitrogens with zero attached hydrogens (tertiary/aromatic N) is 3. The fourth-order valence-electron chi connectivity index (χ4n) is 0.624. The number of hydrogen-bond acceptors (Lipinski definition) is 3. The van der Waals surface area contributed by atoms with Gasteiger partial charge in [-0.05, 0) is 0 Å². The lowest BCUT2D eigenvalue weighted by Gasteiger charge is -1.83. The minimum absolute atomic E-state index is 0.138. The van der Waals surface area contributed by atoms with Gasteiger partial charge >= 0.3 is 0 Å². The van der Waals surface area contributed by atoms with Gasteiger partial charge in [0, 0.05) is 26.3 Å². The molecule has 0 saturated carbocycles. The van der Waals surface area contributed by atoms with Crippen molar-refractivity contribution in [2.75, 3.05) is 6.61 Å². The van der Waals surface area contributed by atoms with E-state index >= 15 is 0 Å². The molecular weight excluding hydrogens is 118 g/mol. The fraction of sp³-hybridized carbons (Fsp3) is 0.600. The van der Waals surface area contributed by atoms with Crippen LogP contribution in [0.1, 0.15) is 5.69 Å². The average Bonchev–Trinajstić information content (AvgIpc) is 2.17. The Morgan fingerprint density at radius 2 is 2.56 bits per heavy atom. The van der Waals surface area contributed by atoms with Crippen LogP contribution in [-0.2, 0) is 13.5 Å². The highest BCUT2D eigenvalue weighted by molar-refractivity contribution is 4.91. The van der Waals surface area contributed by atoms with Crippen molar-refractivity contribution in [3.63, 3.8) is 0 Å². The van der Waals surface area contributed by atoms with Crippen molar-refractivity contribution in [3.05, 3.63) is 11.9 Å². The van der Waals surface area contributed by atoms with E-state index in [1.165, 1.54) is 0 Å². The molecule has 0 aliphatic carbocycles. The summed E-state index contributed by atoms with van der Waals surface area (Å²) in [5.74, 6) is 0. The SMILES string of the molecule is Cn1cc(CCO)nn1. The molecule has 0 saturated heterocycles. The fourth-order valence-corrected chi connectivity index (χ4v) is 0.624. The maximum atomic E-state index is 8.45. The Morgan fingerprint density at radius 3 is 3.00 bits per heavy atom. The Kier molecular flexibility index (Phi) is 1.79. The molecule has 4 nitrogen and oxygen atoms in total. The van der Waals surface area contributed by atoms with Gasteiger partial charge in [0.1, 0.15) is 0 Å². The van der Waals surface area contributed by atoms with Crippen LogP contribution < -0.4 is 0 Å². The van der Waals surface area contributed by atoms with E-state index in [1.807, 2.05) is 0 Å². The third-order valence-corrected chi connectivity index (χ3v) is 1.02. The molecule has 9 heavy (non-hydrogen) atoms. The van der Waals surface area contributed by atoms with Gasteiger partial charge in [-0.1, -0.05) is 5.21 Å².